The fourth-order valence-corrected chi connectivity index (χ4v) is 4.70. The van der Waals surface area contributed by atoms with Crippen molar-refractivity contribution in [1.29, 1.82) is 0 Å². The van der Waals surface area contributed by atoms with Gasteiger partial charge in [-0.3, -0.25) is 4.79 Å². The number of carbonyl (C=O) groups excluding carboxylic acids is 1. The zero-order chi connectivity index (χ0) is 19.6. The molecule has 1 N–H and O–H groups in total. The van der Waals surface area contributed by atoms with E-state index < -0.39 is 0 Å². The van der Waals surface area contributed by atoms with Crippen molar-refractivity contribution in [1.82, 2.24) is 14.8 Å². The van der Waals surface area contributed by atoms with Crippen molar-refractivity contribution >= 4 is 57.9 Å². The Hall–Kier alpha value is -1.54. The fraction of sp³-hybridized carbons (Fsp3) is 0.278. The van der Waals surface area contributed by atoms with Crippen LogP contribution in [-0.2, 0) is 18.3 Å². The van der Waals surface area contributed by atoms with E-state index in [9.17, 15) is 4.79 Å². The summed E-state index contributed by atoms with van der Waals surface area (Å²) in [5.41, 5.74) is 2.90. The Bertz CT molecular complexity index is 984. The van der Waals surface area contributed by atoms with Gasteiger partial charge in [-0.25, -0.2) is 0 Å². The number of hydrogen-bond acceptors (Lipinski definition) is 5. The van der Waals surface area contributed by atoms with E-state index in [-0.39, 0.29) is 11.7 Å². The Morgan fingerprint density at radius 3 is 2.85 bits per heavy atom. The molecule has 0 aliphatic heterocycles. The molecular weight excluding hydrogens is 423 g/mol. The molecule has 3 aromatic rings. The monoisotopic (exact) mass is 440 g/mol. The summed E-state index contributed by atoms with van der Waals surface area (Å²) in [5, 5.41) is 14.9. The molecule has 0 saturated carbocycles. The standard InChI is InChI=1S/C18H18Cl2N4OS2/c1-4-11-10(2)26-8-12(11)17-22-23-18(24(17)3)27-9-15(25)21-14-7-5-6-13(19)16(14)20/h5-8H,4,9H2,1-3H3,(H,21,25). The van der Waals surface area contributed by atoms with Crippen LogP contribution in [0.15, 0.2) is 28.7 Å². The summed E-state index contributed by atoms with van der Waals surface area (Å²) in [7, 11) is 1.91. The van der Waals surface area contributed by atoms with Gasteiger partial charge in [-0.2, -0.15) is 0 Å². The molecule has 0 bridgehead atoms. The lowest BCUT2D eigenvalue weighted by molar-refractivity contribution is -0.113. The molecule has 9 heteroatoms. The van der Waals surface area contributed by atoms with Gasteiger partial charge in [0.05, 0.1) is 21.5 Å². The zero-order valence-electron chi connectivity index (χ0n) is 15.0. The van der Waals surface area contributed by atoms with Crippen molar-refractivity contribution in [3.63, 3.8) is 0 Å². The Morgan fingerprint density at radius 1 is 1.33 bits per heavy atom. The second-order valence-corrected chi connectivity index (χ2v) is 8.65. The number of hydrogen-bond donors (Lipinski definition) is 1. The third kappa shape index (κ3) is 4.32. The highest BCUT2D eigenvalue weighted by Crippen LogP contribution is 2.32. The van der Waals surface area contributed by atoms with E-state index in [1.165, 1.54) is 22.2 Å². The van der Waals surface area contributed by atoms with Crippen LogP contribution in [0.1, 0.15) is 17.4 Å². The highest BCUT2D eigenvalue weighted by molar-refractivity contribution is 7.99. The van der Waals surface area contributed by atoms with Gasteiger partial charge in [0.25, 0.3) is 0 Å². The molecule has 0 fully saturated rings. The minimum atomic E-state index is -0.186. The van der Waals surface area contributed by atoms with Gasteiger partial charge in [-0.15, -0.1) is 21.5 Å². The van der Waals surface area contributed by atoms with Gasteiger partial charge in [-0.05, 0) is 31.0 Å². The first-order chi connectivity index (χ1) is 12.9. The lowest BCUT2D eigenvalue weighted by atomic mass is 10.1. The van der Waals surface area contributed by atoms with Gasteiger partial charge in [-0.1, -0.05) is 48.0 Å². The summed E-state index contributed by atoms with van der Waals surface area (Å²) in [6.45, 7) is 4.25. The number of thioether (sulfide) groups is 1. The first kappa shape index (κ1) is 20.2. The molecule has 2 aromatic heterocycles. The van der Waals surface area contributed by atoms with Crippen molar-refractivity contribution in [2.45, 2.75) is 25.4 Å². The fourth-order valence-electron chi connectivity index (χ4n) is 2.70. The molecule has 2 heterocycles. The van der Waals surface area contributed by atoms with Crippen LogP contribution in [0.5, 0.6) is 0 Å². The molecule has 0 saturated heterocycles. The Kier molecular flexibility index (Phi) is 6.47. The molecule has 0 aliphatic carbocycles. The average molecular weight is 441 g/mol. The van der Waals surface area contributed by atoms with Crippen LogP contribution in [0, 0.1) is 6.92 Å². The predicted molar refractivity (Wildman–Crippen MR) is 114 cm³/mol. The minimum Gasteiger partial charge on any atom is -0.324 e. The quantitative estimate of drug-likeness (QED) is 0.517. The van der Waals surface area contributed by atoms with E-state index in [4.69, 9.17) is 23.2 Å². The number of thiophene rings is 1. The zero-order valence-corrected chi connectivity index (χ0v) is 18.2. The normalized spacial score (nSPS) is 11.0. The molecule has 0 aliphatic rings. The number of aromatic nitrogens is 3. The highest BCUT2D eigenvalue weighted by Gasteiger charge is 2.17. The van der Waals surface area contributed by atoms with Crippen molar-refractivity contribution in [2.75, 3.05) is 11.1 Å². The van der Waals surface area contributed by atoms with Gasteiger partial charge in [0, 0.05) is 22.9 Å². The molecule has 0 unspecified atom stereocenters. The Morgan fingerprint density at radius 2 is 2.11 bits per heavy atom. The van der Waals surface area contributed by atoms with Gasteiger partial charge >= 0.3 is 0 Å². The third-order valence-corrected chi connectivity index (χ3v) is 6.88. The number of nitrogens with zero attached hydrogens (tertiary/aromatic N) is 3. The second kappa shape index (κ2) is 8.65. The summed E-state index contributed by atoms with van der Waals surface area (Å²) in [5.74, 6) is 0.823. The lowest BCUT2D eigenvalue weighted by Gasteiger charge is -2.08. The van der Waals surface area contributed by atoms with Crippen molar-refractivity contribution in [2.24, 2.45) is 7.05 Å². The van der Waals surface area contributed by atoms with Crippen LogP contribution in [0.2, 0.25) is 10.0 Å². The van der Waals surface area contributed by atoms with E-state index in [2.05, 4.69) is 34.7 Å². The molecule has 1 aromatic carbocycles. The largest absolute Gasteiger partial charge is 0.324 e. The highest BCUT2D eigenvalue weighted by atomic mass is 35.5. The van der Waals surface area contributed by atoms with Crippen molar-refractivity contribution in [3.05, 3.63) is 44.1 Å². The first-order valence-corrected chi connectivity index (χ1v) is 10.9. The summed E-state index contributed by atoms with van der Waals surface area (Å²) < 4.78 is 1.92. The van der Waals surface area contributed by atoms with Crippen LogP contribution in [0.3, 0.4) is 0 Å². The van der Waals surface area contributed by atoms with Gasteiger partial charge in [0.1, 0.15) is 0 Å². The summed E-state index contributed by atoms with van der Waals surface area (Å²) in [6.07, 6.45) is 0.947. The number of anilines is 1. The lowest BCUT2D eigenvalue weighted by Crippen LogP contribution is -2.14. The van der Waals surface area contributed by atoms with Crippen molar-refractivity contribution in [3.8, 4) is 11.4 Å². The number of nitrogens with one attached hydrogen (secondary N) is 1. The van der Waals surface area contributed by atoms with Crippen LogP contribution in [-0.4, -0.2) is 26.4 Å². The number of benzene rings is 1. The van der Waals surface area contributed by atoms with Crippen LogP contribution in [0.4, 0.5) is 5.69 Å². The van der Waals surface area contributed by atoms with Crippen LogP contribution >= 0.6 is 46.3 Å². The first-order valence-electron chi connectivity index (χ1n) is 8.25. The average Bonchev–Trinajstić information content (AvgIpc) is 3.19. The van der Waals surface area contributed by atoms with Crippen LogP contribution < -0.4 is 5.32 Å². The van der Waals surface area contributed by atoms with E-state index >= 15 is 0 Å². The molecule has 0 radical (unpaired) electrons. The van der Waals surface area contributed by atoms with E-state index in [0.717, 1.165) is 17.8 Å². The molecule has 0 spiro atoms. The SMILES string of the molecule is CCc1c(-c2nnc(SCC(=O)Nc3cccc(Cl)c3Cl)n2C)csc1C. The predicted octanol–water partition coefficient (Wildman–Crippen LogP) is 5.45. The smallest absolute Gasteiger partial charge is 0.234 e. The Balaban J connectivity index is 1.69. The molecule has 1 amide bonds. The summed E-state index contributed by atoms with van der Waals surface area (Å²) in [6, 6.07) is 5.12. The number of halogens is 2. The van der Waals surface area contributed by atoms with Gasteiger partial charge in [0.15, 0.2) is 11.0 Å². The molecular formula is C18H18Cl2N4OS2. The molecule has 3 rings (SSSR count). The van der Waals surface area contributed by atoms with Crippen LogP contribution in [0.25, 0.3) is 11.4 Å². The number of carbonyl (C=O) groups is 1. The maximum Gasteiger partial charge on any atom is 0.234 e. The van der Waals surface area contributed by atoms with Gasteiger partial charge < -0.3 is 9.88 Å². The van der Waals surface area contributed by atoms with E-state index in [1.807, 2.05) is 11.6 Å². The molecule has 142 valence electrons. The molecule has 27 heavy (non-hydrogen) atoms. The van der Waals surface area contributed by atoms with E-state index in [0.29, 0.717) is 20.9 Å². The van der Waals surface area contributed by atoms with Crippen molar-refractivity contribution < 1.29 is 4.79 Å². The molecule has 0 atom stereocenters. The van der Waals surface area contributed by atoms with E-state index in [1.54, 1.807) is 29.5 Å². The topological polar surface area (TPSA) is 59.8 Å². The maximum absolute atomic E-state index is 12.3. The minimum absolute atomic E-state index is 0.186. The second-order valence-electron chi connectivity index (χ2n) is 5.84. The van der Waals surface area contributed by atoms with Gasteiger partial charge in [0.2, 0.25) is 5.91 Å². The summed E-state index contributed by atoms with van der Waals surface area (Å²) >= 11 is 15.1. The molecule has 5 nitrogen and oxygen atoms in total. The number of amides is 1. The number of aryl methyl sites for hydroxylation is 1. The Labute approximate surface area is 176 Å². The number of rotatable bonds is 6. The maximum atomic E-state index is 12.3. The third-order valence-electron chi connectivity index (χ3n) is 4.09. The summed E-state index contributed by atoms with van der Waals surface area (Å²) in [4.78, 5) is 13.5.